The summed E-state index contributed by atoms with van der Waals surface area (Å²) in [6, 6.07) is 5.68. The second-order valence-electron chi connectivity index (χ2n) is 4.88. The van der Waals surface area contributed by atoms with Crippen LogP contribution in [-0.2, 0) is 0 Å². The van der Waals surface area contributed by atoms with E-state index in [-0.39, 0.29) is 5.78 Å². The maximum absolute atomic E-state index is 12.2. The number of benzene rings is 1. The first-order chi connectivity index (χ1) is 7.64. The summed E-state index contributed by atoms with van der Waals surface area (Å²) in [5.41, 5.74) is 7.49. The minimum absolute atomic E-state index is 0.110. The predicted octanol–water partition coefficient (Wildman–Crippen LogP) is 1.86. The molecule has 3 rings (SSSR count). The van der Waals surface area contributed by atoms with Crippen molar-refractivity contribution < 1.29 is 9.53 Å². The minimum Gasteiger partial charge on any atom is -0.497 e. The zero-order chi connectivity index (χ0) is 11.3. The molecule has 1 fully saturated rings. The summed E-state index contributed by atoms with van der Waals surface area (Å²) in [4.78, 5) is 12.2. The Balaban J connectivity index is 2.16. The molecule has 0 aromatic heterocycles. The average molecular weight is 217 g/mol. The van der Waals surface area contributed by atoms with Gasteiger partial charge in [0.25, 0.3) is 0 Å². The van der Waals surface area contributed by atoms with E-state index in [4.69, 9.17) is 10.5 Å². The summed E-state index contributed by atoms with van der Waals surface area (Å²) in [5.74, 6) is 1.37. The van der Waals surface area contributed by atoms with Crippen LogP contribution < -0.4 is 10.5 Å². The molecule has 0 saturated heterocycles. The quantitative estimate of drug-likeness (QED) is 0.781. The normalized spacial score (nSPS) is 31.4. The van der Waals surface area contributed by atoms with Crippen molar-refractivity contribution in [3.63, 3.8) is 0 Å². The zero-order valence-electron chi connectivity index (χ0n) is 9.32. The number of rotatable bonds is 1. The molecule has 0 radical (unpaired) electrons. The van der Waals surface area contributed by atoms with Gasteiger partial charge in [-0.05, 0) is 48.9 Å². The smallest absolute Gasteiger partial charge is 0.182 e. The Morgan fingerprint density at radius 2 is 2.31 bits per heavy atom. The van der Waals surface area contributed by atoms with Gasteiger partial charge in [-0.25, -0.2) is 0 Å². The molecule has 1 aromatic carbocycles. The highest BCUT2D eigenvalue weighted by molar-refractivity contribution is 6.06. The van der Waals surface area contributed by atoms with Crippen molar-refractivity contribution in [2.45, 2.75) is 30.7 Å². The highest BCUT2D eigenvalue weighted by Crippen LogP contribution is 2.47. The van der Waals surface area contributed by atoms with E-state index in [1.165, 1.54) is 0 Å². The van der Waals surface area contributed by atoms with Crippen molar-refractivity contribution >= 4 is 5.78 Å². The van der Waals surface area contributed by atoms with E-state index in [1.54, 1.807) is 7.11 Å². The van der Waals surface area contributed by atoms with Crippen LogP contribution in [0, 0.1) is 0 Å². The van der Waals surface area contributed by atoms with Crippen LogP contribution in [-0.4, -0.2) is 18.4 Å². The fourth-order valence-corrected chi connectivity index (χ4v) is 3.03. The van der Waals surface area contributed by atoms with Crippen LogP contribution in [0.15, 0.2) is 18.2 Å². The average Bonchev–Trinajstić information content (AvgIpc) is 2.67. The highest BCUT2D eigenvalue weighted by atomic mass is 16.5. The number of methoxy groups -OCH3 is 1. The van der Waals surface area contributed by atoms with Crippen LogP contribution in [0.1, 0.15) is 41.1 Å². The molecule has 0 spiro atoms. The maximum atomic E-state index is 12.2. The number of hydrogen-bond donors (Lipinski definition) is 1. The fourth-order valence-electron chi connectivity index (χ4n) is 3.03. The second-order valence-corrected chi connectivity index (χ2v) is 4.88. The largest absolute Gasteiger partial charge is 0.497 e. The standard InChI is InChI=1S/C13H15NO2/c1-16-9-2-3-10-11(6-9)8-4-5-13(14,7-8)12(10)15/h2-3,6,8H,4-5,7,14H2,1H3/t8-,13+/m0/s1. The number of Topliss-reactive ketones (excluding diaryl/α,β-unsaturated/α-hetero) is 1. The van der Waals surface area contributed by atoms with Crippen LogP contribution in [0.4, 0.5) is 0 Å². The van der Waals surface area contributed by atoms with Crippen molar-refractivity contribution in [2.24, 2.45) is 5.73 Å². The molecular weight excluding hydrogens is 202 g/mol. The van der Waals surface area contributed by atoms with E-state index in [0.717, 1.165) is 36.1 Å². The SMILES string of the molecule is COc1ccc2c(c1)[C@H]1CC[C@@](N)(C1)C2=O. The molecule has 2 aliphatic rings. The van der Waals surface area contributed by atoms with Crippen LogP contribution >= 0.6 is 0 Å². The number of ether oxygens (including phenoxy) is 1. The molecule has 0 aliphatic heterocycles. The van der Waals surface area contributed by atoms with Crippen LogP contribution in [0.2, 0.25) is 0 Å². The number of carbonyl (C=O) groups is 1. The third-order valence-corrected chi connectivity index (χ3v) is 3.94. The molecule has 3 nitrogen and oxygen atoms in total. The van der Waals surface area contributed by atoms with Crippen molar-refractivity contribution in [1.82, 2.24) is 0 Å². The Morgan fingerprint density at radius 3 is 3.06 bits per heavy atom. The van der Waals surface area contributed by atoms with Gasteiger partial charge in [0, 0.05) is 5.56 Å². The van der Waals surface area contributed by atoms with Gasteiger partial charge in [-0.15, -0.1) is 0 Å². The number of nitrogens with two attached hydrogens (primary N) is 1. The molecule has 2 atom stereocenters. The third-order valence-electron chi connectivity index (χ3n) is 3.94. The molecule has 16 heavy (non-hydrogen) atoms. The number of ketones is 1. The zero-order valence-corrected chi connectivity index (χ0v) is 9.32. The summed E-state index contributed by atoms with van der Waals surface area (Å²) in [7, 11) is 1.65. The predicted molar refractivity (Wildman–Crippen MR) is 60.8 cm³/mol. The van der Waals surface area contributed by atoms with E-state index in [0.29, 0.717) is 5.92 Å². The number of hydrogen-bond acceptors (Lipinski definition) is 3. The first-order valence-electron chi connectivity index (χ1n) is 5.66. The Kier molecular flexibility index (Phi) is 1.89. The lowest BCUT2D eigenvalue weighted by atomic mass is 9.78. The van der Waals surface area contributed by atoms with Gasteiger partial charge < -0.3 is 10.5 Å². The molecule has 1 aromatic rings. The summed E-state index contributed by atoms with van der Waals surface area (Å²) < 4.78 is 5.20. The Morgan fingerprint density at radius 1 is 1.50 bits per heavy atom. The van der Waals surface area contributed by atoms with Gasteiger partial charge in [-0.1, -0.05) is 0 Å². The second kappa shape index (κ2) is 3.08. The van der Waals surface area contributed by atoms with Crippen LogP contribution in [0.3, 0.4) is 0 Å². The Hall–Kier alpha value is -1.35. The maximum Gasteiger partial charge on any atom is 0.182 e. The molecular formula is C13H15NO2. The summed E-state index contributed by atoms with van der Waals surface area (Å²) >= 11 is 0. The van der Waals surface area contributed by atoms with Crippen LogP contribution in [0.5, 0.6) is 5.75 Å². The lowest BCUT2D eigenvalue weighted by Crippen LogP contribution is -2.47. The van der Waals surface area contributed by atoms with Crippen molar-refractivity contribution in [3.8, 4) is 5.75 Å². The van der Waals surface area contributed by atoms with E-state index in [2.05, 4.69) is 0 Å². The number of fused-ring (bicyclic) bond motifs is 4. The topological polar surface area (TPSA) is 52.3 Å². The highest BCUT2D eigenvalue weighted by Gasteiger charge is 2.48. The molecule has 2 bridgehead atoms. The number of carbonyl (C=O) groups excluding carboxylic acids is 1. The van der Waals surface area contributed by atoms with Gasteiger partial charge in [-0.2, -0.15) is 0 Å². The molecule has 0 unspecified atom stereocenters. The van der Waals surface area contributed by atoms with E-state index in [9.17, 15) is 4.79 Å². The van der Waals surface area contributed by atoms with Gasteiger partial charge in [0.05, 0.1) is 12.6 Å². The van der Waals surface area contributed by atoms with Gasteiger partial charge in [0.1, 0.15) is 5.75 Å². The van der Waals surface area contributed by atoms with Gasteiger partial charge in [-0.3, -0.25) is 4.79 Å². The molecule has 84 valence electrons. The van der Waals surface area contributed by atoms with E-state index < -0.39 is 5.54 Å². The van der Waals surface area contributed by atoms with E-state index >= 15 is 0 Å². The fraction of sp³-hybridized carbons (Fsp3) is 0.462. The molecule has 1 saturated carbocycles. The molecule has 0 amide bonds. The lowest BCUT2D eigenvalue weighted by molar-refractivity contribution is 0.0881. The van der Waals surface area contributed by atoms with Crippen molar-refractivity contribution in [3.05, 3.63) is 29.3 Å². The summed E-state index contributed by atoms with van der Waals surface area (Å²) in [6.07, 6.45) is 2.63. The van der Waals surface area contributed by atoms with E-state index in [1.807, 2.05) is 18.2 Å². The van der Waals surface area contributed by atoms with Gasteiger partial charge >= 0.3 is 0 Å². The van der Waals surface area contributed by atoms with Gasteiger partial charge in [0.2, 0.25) is 0 Å². The molecule has 2 N–H and O–H groups in total. The first-order valence-corrected chi connectivity index (χ1v) is 5.66. The molecule has 2 aliphatic carbocycles. The summed E-state index contributed by atoms with van der Waals surface area (Å²) in [6.45, 7) is 0. The van der Waals surface area contributed by atoms with Crippen molar-refractivity contribution in [2.75, 3.05) is 7.11 Å². The Labute approximate surface area is 94.6 Å². The monoisotopic (exact) mass is 217 g/mol. The Bertz CT molecular complexity index is 469. The molecule has 3 heteroatoms. The first kappa shape index (κ1) is 9.85. The third kappa shape index (κ3) is 1.15. The lowest BCUT2D eigenvalue weighted by Gasteiger charge is -2.29. The summed E-state index contributed by atoms with van der Waals surface area (Å²) in [5, 5.41) is 0. The minimum atomic E-state index is -0.591. The van der Waals surface area contributed by atoms with Crippen LogP contribution in [0.25, 0.3) is 0 Å². The molecule has 0 heterocycles. The van der Waals surface area contributed by atoms with Gasteiger partial charge in [0.15, 0.2) is 5.78 Å². The van der Waals surface area contributed by atoms with Crippen molar-refractivity contribution in [1.29, 1.82) is 0 Å².